The summed E-state index contributed by atoms with van der Waals surface area (Å²) in [5, 5.41) is 0.396. The molecule has 21 heavy (non-hydrogen) atoms. The third-order valence-electron chi connectivity index (χ3n) is 2.75. The Kier molecular flexibility index (Phi) is 5.53. The first-order chi connectivity index (χ1) is 10.3. The number of hydrogen-bond donors (Lipinski definition) is 1. The molecule has 7 heteroatoms. The van der Waals surface area contributed by atoms with Crippen LogP contribution in [0.25, 0.3) is 10.9 Å². The van der Waals surface area contributed by atoms with E-state index < -0.39 is 0 Å². The topological polar surface area (TPSA) is 82.7 Å². The zero-order valence-corrected chi connectivity index (χ0v) is 12.0. The first-order valence-electron chi connectivity index (χ1n) is 6.52. The summed E-state index contributed by atoms with van der Waals surface area (Å²) in [6.07, 6.45) is 0. The summed E-state index contributed by atoms with van der Waals surface area (Å²) < 4.78 is 20.7. The maximum absolute atomic E-state index is 12.2. The summed E-state index contributed by atoms with van der Waals surface area (Å²) >= 11 is 0. The third kappa shape index (κ3) is 3.93. The summed E-state index contributed by atoms with van der Waals surface area (Å²) in [5.41, 5.74) is 0.210. The maximum Gasteiger partial charge on any atom is 0.297 e. The Morgan fingerprint density at radius 3 is 2.48 bits per heavy atom. The maximum atomic E-state index is 12.2. The van der Waals surface area contributed by atoms with Crippen molar-refractivity contribution < 1.29 is 18.9 Å². The highest BCUT2D eigenvalue weighted by atomic mass is 16.5. The fourth-order valence-electron chi connectivity index (χ4n) is 1.78. The summed E-state index contributed by atoms with van der Waals surface area (Å²) in [5.74, 6) is 0.474. The Balaban J connectivity index is 2.27. The van der Waals surface area contributed by atoms with Gasteiger partial charge >= 0.3 is 0 Å². The van der Waals surface area contributed by atoms with E-state index in [1.165, 1.54) is 0 Å². The molecule has 0 fully saturated rings. The van der Waals surface area contributed by atoms with E-state index in [2.05, 4.69) is 9.97 Å². The number of fused-ring (bicyclic) bond motifs is 1. The summed E-state index contributed by atoms with van der Waals surface area (Å²) in [4.78, 5) is 19.0. The first kappa shape index (κ1) is 15.3. The molecule has 0 saturated carbocycles. The van der Waals surface area contributed by atoms with Gasteiger partial charge in [0.1, 0.15) is 24.3 Å². The minimum absolute atomic E-state index is 0.165. The van der Waals surface area contributed by atoms with E-state index in [-0.39, 0.29) is 11.6 Å². The van der Waals surface area contributed by atoms with Crippen LogP contribution in [-0.4, -0.2) is 50.6 Å². The number of nitrogens with zero attached hydrogens (tertiary/aromatic N) is 1. The fourth-order valence-corrected chi connectivity index (χ4v) is 1.78. The van der Waals surface area contributed by atoms with Crippen molar-refractivity contribution in [2.75, 3.05) is 40.6 Å². The van der Waals surface area contributed by atoms with Gasteiger partial charge in [0.25, 0.3) is 11.6 Å². The molecule has 2 aromatic rings. The van der Waals surface area contributed by atoms with E-state index in [1.807, 2.05) is 0 Å². The second kappa shape index (κ2) is 7.61. The number of benzene rings is 1. The number of H-pyrrole nitrogens is 1. The standard InChI is InChI=1S/C14H18N2O5/c1-18-6-8-20-11-5-3-4-10-12(11)13(17)16-14(15-10)21-9-7-19-2/h3-5H,6-9H2,1-2H3,(H,15,16,17). The molecule has 7 nitrogen and oxygen atoms in total. The molecule has 1 aromatic heterocycles. The van der Waals surface area contributed by atoms with Crippen LogP contribution in [-0.2, 0) is 9.47 Å². The molecule has 0 aliphatic rings. The van der Waals surface area contributed by atoms with Crippen molar-refractivity contribution in [3.63, 3.8) is 0 Å². The van der Waals surface area contributed by atoms with Crippen LogP contribution in [0, 0.1) is 0 Å². The predicted molar refractivity (Wildman–Crippen MR) is 77.1 cm³/mol. The van der Waals surface area contributed by atoms with Crippen LogP contribution in [0.4, 0.5) is 0 Å². The van der Waals surface area contributed by atoms with Crippen molar-refractivity contribution in [3.05, 3.63) is 28.6 Å². The smallest absolute Gasteiger partial charge is 0.297 e. The quantitative estimate of drug-likeness (QED) is 0.731. The number of aromatic amines is 1. The van der Waals surface area contributed by atoms with Crippen molar-refractivity contribution in [2.45, 2.75) is 0 Å². The van der Waals surface area contributed by atoms with Gasteiger partial charge in [-0.2, -0.15) is 4.98 Å². The summed E-state index contributed by atoms with van der Waals surface area (Å²) in [6, 6.07) is 5.39. The molecule has 0 unspecified atom stereocenters. The van der Waals surface area contributed by atoms with Crippen LogP contribution < -0.4 is 15.0 Å². The van der Waals surface area contributed by atoms with Gasteiger partial charge in [-0.05, 0) is 12.1 Å². The lowest BCUT2D eigenvalue weighted by Crippen LogP contribution is -2.15. The van der Waals surface area contributed by atoms with Crippen LogP contribution in [0.3, 0.4) is 0 Å². The molecule has 1 N–H and O–H groups in total. The van der Waals surface area contributed by atoms with Crippen molar-refractivity contribution >= 4 is 10.9 Å². The van der Waals surface area contributed by atoms with Gasteiger partial charge in [-0.1, -0.05) is 6.07 Å². The van der Waals surface area contributed by atoms with Crippen LogP contribution in [0.2, 0.25) is 0 Å². The highest BCUT2D eigenvalue weighted by Crippen LogP contribution is 2.21. The number of aromatic nitrogens is 2. The first-order valence-corrected chi connectivity index (χ1v) is 6.52. The fraction of sp³-hybridized carbons (Fsp3) is 0.429. The highest BCUT2D eigenvalue weighted by molar-refractivity contribution is 5.84. The molecule has 0 saturated heterocycles. The zero-order chi connectivity index (χ0) is 15.1. The Bertz CT molecular complexity index is 641. The van der Waals surface area contributed by atoms with Crippen LogP contribution >= 0.6 is 0 Å². The Morgan fingerprint density at radius 1 is 1.05 bits per heavy atom. The molecular weight excluding hydrogens is 276 g/mol. The van der Waals surface area contributed by atoms with Gasteiger partial charge < -0.3 is 18.9 Å². The molecule has 0 atom stereocenters. The number of nitrogens with one attached hydrogen (secondary N) is 1. The van der Waals surface area contributed by atoms with E-state index in [9.17, 15) is 4.79 Å². The van der Waals surface area contributed by atoms with Crippen molar-refractivity contribution in [2.24, 2.45) is 0 Å². The normalized spacial score (nSPS) is 10.8. The zero-order valence-electron chi connectivity index (χ0n) is 12.0. The van der Waals surface area contributed by atoms with E-state index >= 15 is 0 Å². The van der Waals surface area contributed by atoms with Gasteiger partial charge in [-0.3, -0.25) is 9.78 Å². The second-order valence-corrected chi connectivity index (χ2v) is 4.20. The number of rotatable bonds is 8. The minimum atomic E-state index is -0.305. The lowest BCUT2D eigenvalue weighted by atomic mass is 10.2. The molecule has 0 radical (unpaired) electrons. The second-order valence-electron chi connectivity index (χ2n) is 4.20. The third-order valence-corrected chi connectivity index (χ3v) is 2.75. The lowest BCUT2D eigenvalue weighted by Gasteiger charge is -2.09. The average molecular weight is 294 g/mol. The Hall–Kier alpha value is -2.12. The monoisotopic (exact) mass is 294 g/mol. The molecule has 0 bridgehead atoms. The predicted octanol–water partition coefficient (Wildman–Crippen LogP) is 0.974. The number of hydrogen-bond acceptors (Lipinski definition) is 6. The Labute approximate surface area is 121 Å². The lowest BCUT2D eigenvalue weighted by molar-refractivity contribution is 0.141. The van der Waals surface area contributed by atoms with Gasteiger partial charge in [0.05, 0.1) is 18.7 Å². The highest BCUT2D eigenvalue weighted by Gasteiger charge is 2.10. The van der Waals surface area contributed by atoms with Crippen LogP contribution in [0.1, 0.15) is 0 Å². The number of ether oxygens (including phenoxy) is 4. The average Bonchev–Trinajstić information content (AvgIpc) is 2.47. The Morgan fingerprint density at radius 2 is 1.76 bits per heavy atom. The molecule has 0 aliphatic heterocycles. The van der Waals surface area contributed by atoms with Gasteiger partial charge in [0.2, 0.25) is 0 Å². The molecule has 2 rings (SSSR count). The van der Waals surface area contributed by atoms with Gasteiger partial charge in [0, 0.05) is 14.2 Å². The minimum Gasteiger partial charge on any atom is -0.490 e. The summed E-state index contributed by atoms with van der Waals surface area (Å²) in [7, 11) is 3.16. The van der Waals surface area contributed by atoms with Gasteiger partial charge in [-0.25, -0.2) is 0 Å². The summed E-state index contributed by atoms with van der Waals surface area (Å²) in [6.45, 7) is 1.54. The largest absolute Gasteiger partial charge is 0.490 e. The van der Waals surface area contributed by atoms with E-state index in [4.69, 9.17) is 18.9 Å². The van der Waals surface area contributed by atoms with E-state index in [0.717, 1.165) is 0 Å². The van der Waals surface area contributed by atoms with E-state index in [1.54, 1.807) is 32.4 Å². The SMILES string of the molecule is COCCOc1nc2cccc(OCCOC)c2c(=O)[nH]1. The van der Waals surface area contributed by atoms with Crippen molar-refractivity contribution in [3.8, 4) is 11.8 Å². The van der Waals surface area contributed by atoms with Gasteiger partial charge in [0.15, 0.2) is 0 Å². The van der Waals surface area contributed by atoms with Gasteiger partial charge in [-0.15, -0.1) is 0 Å². The number of methoxy groups -OCH3 is 2. The molecular formula is C14H18N2O5. The molecule has 0 amide bonds. The molecule has 0 aliphatic carbocycles. The molecule has 1 heterocycles. The molecule has 0 spiro atoms. The van der Waals surface area contributed by atoms with E-state index in [0.29, 0.717) is 43.1 Å². The van der Waals surface area contributed by atoms with Crippen molar-refractivity contribution in [1.82, 2.24) is 9.97 Å². The molecule has 1 aromatic carbocycles. The van der Waals surface area contributed by atoms with Crippen LogP contribution in [0.5, 0.6) is 11.8 Å². The van der Waals surface area contributed by atoms with Crippen LogP contribution in [0.15, 0.2) is 23.0 Å². The van der Waals surface area contributed by atoms with Crippen molar-refractivity contribution in [1.29, 1.82) is 0 Å². The molecule has 114 valence electrons.